The minimum Gasteiger partial charge on any atom is -0.479 e. The van der Waals surface area contributed by atoms with Crippen LogP contribution in [0.25, 0.3) is 0 Å². The summed E-state index contributed by atoms with van der Waals surface area (Å²) in [7, 11) is 0. The molecule has 1 heterocycles. The second-order valence-corrected chi connectivity index (χ2v) is 3.93. The fourth-order valence-corrected chi connectivity index (χ4v) is 1.99. The van der Waals surface area contributed by atoms with E-state index in [1.807, 2.05) is 17.7 Å². The zero-order chi connectivity index (χ0) is 11.1. The van der Waals surface area contributed by atoms with Crippen molar-refractivity contribution >= 4 is 5.97 Å². The van der Waals surface area contributed by atoms with Crippen molar-refractivity contribution in [2.24, 2.45) is 0 Å². The molecule has 0 bridgehead atoms. The first-order chi connectivity index (χ1) is 7.12. The maximum absolute atomic E-state index is 10.8. The van der Waals surface area contributed by atoms with Crippen molar-refractivity contribution in [3.8, 4) is 0 Å². The molecule has 0 aromatic carbocycles. The fourth-order valence-electron chi connectivity index (χ4n) is 1.99. The van der Waals surface area contributed by atoms with Gasteiger partial charge in [-0.25, -0.2) is 9.78 Å². The molecule has 0 saturated heterocycles. The second-order valence-electron chi connectivity index (χ2n) is 3.93. The largest absolute Gasteiger partial charge is 0.479 e. The molecule has 0 radical (unpaired) electrons. The molecule has 1 aromatic heterocycles. The highest BCUT2D eigenvalue weighted by atomic mass is 16.4. The van der Waals surface area contributed by atoms with E-state index < -0.39 is 17.5 Å². The van der Waals surface area contributed by atoms with Crippen LogP contribution in [0.2, 0.25) is 0 Å². The van der Waals surface area contributed by atoms with Crippen LogP contribution in [0, 0.1) is 0 Å². The Morgan fingerprint density at radius 2 is 2.40 bits per heavy atom. The van der Waals surface area contributed by atoms with Gasteiger partial charge in [0.2, 0.25) is 0 Å². The van der Waals surface area contributed by atoms with Crippen LogP contribution in [-0.2, 0) is 16.8 Å². The minimum atomic E-state index is -1.34. The summed E-state index contributed by atoms with van der Waals surface area (Å²) in [6.07, 6.45) is 3.50. The number of aliphatic hydroxyl groups is 1. The van der Waals surface area contributed by atoms with Crippen LogP contribution in [0.4, 0.5) is 0 Å². The lowest BCUT2D eigenvalue weighted by Gasteiger charge is -2.19. The summed E-state index contributed by atoms with van der Waals surface area (Å²) in [4.78, 5) is 15.0. The number of imidazole rings is 1. The van der Waals surface area contributed by atoms with Crippen LogP contribution in [-0.4, -0.2) is 31.8 Å². The molecule has 1 saturated carbocycles. The number of carbonyl (C=O) groups is 1. The first kappa shape index (κ1) is 10.2. The Bertz CT molecular complexity index is 382. The molecule has 5 heteroatoms. The molecule has 1 aliphatic carbocycles. The van der Waals surface area contributed by atoms with Crippen LogP contribution in [0.15, 0.2) is 12.4 Å². The molecular formula is C10H14N2O3. The second kappa shape index (κ2) is 3.34. The maximum Gasteiger partial charge on any atom is 0.333 e. The lowest BCUT2D eigenvalue weighted by atomic mass is 9.98. The van der Waals surface area contributed by atoms with E-state index in [2.05, 4.69) is 4.98 Å². The highest BCUT2D eigenvalue weighted by molar-refractivity contribution is 5.75. The van der Waals surface area contributed by atoms with Gasteiger partial charge in [-0.05, 0) is 19.8 Å². The molecule has 1 fully saturated rings. The Balaban J connectivity index is 2.34. The first-order valence-electron chi connectivity index (χ1n) is 5.04. The Morgan fingerprint density at radius 1 is 1.73 bits per heavy atom. The van der Waals surface area contributed by atoms with Crippen molar-refractivity contribution in [1.29, 1.82) is 0 Å². The predicted octanol–water partition coefficient (Wildman–Crippen LogP) is 0.380. The number of aromatic nitrogens is 2. The SMILES string of the molecule is CCn1ccnc1C1(C(O)C(=O)O)CC1. The Hall–Kier alpha value is -1.36. The van der Waals surface area contributed by atoms with E-state index in [0.29, 0.717) is 18.7 Å². The third kappa shape index (κ3) is 1.43. The summed E-state index contributed by atoms with van der Waals surface area (Å²) in [6, 6.07) is 0. The summed E-state index contributed by atoms with van der Waals surface area (Å²) in [5.74, 6) is -0.474. The van der Waals surface area contributed by atoms with Gasteiger partial charge in [0.05, 0.1) is 5.41 Å². The zero-order valence-electron chi connectivity index (χ0n) is 8.55. The fraction of sp³-hybridized carbons (Fsp3) is 0.600. The highest BCUT2D eigenvalue weighted by Gasteiger charge is 2.56. The lowest BCUT2D eigenvalue weighted by Crippen LogP contribution is -2.35. The van der Waals surface area contributed by atoms with Crippen molar-refractivity contribution in [1.82, 2.24) is 9.55 Å². The van der Waals surface area contributed by atoms with E-state index in [-0.39, 0.29) is 0 Å². The van der Waals surface area contributed by atoms with Gasteiger partial charge in [-0.15, -0.1) is 0 Å². The highest BCUT2D eigenvalue weighted by Crippen LogP contribution is 2.50. The molecule has 5 nitrogen and oxygen atoms in total. The first-order valence-corrected chi connectivity index (χ1v) is 5.04. The van der Waals surface area contributed by atoms with E-state index in [4.69, 9.17) is 5.11 Å². The molecule has 2 N–H and O–H groups in total. The molecule has 2 rings (SSSR count). The number of aliphatic hydroxyl groups excluding tert-OH is 1. The average molecular weight is 210 g/mol. The van der Waals surface area contributed by atoms with E-state index in [0.717, 1.165) is 6.54 Å². The minimum absolute atomic E-state index is 0.647. The summed E-state index contributed by atoms with van der Waals surface area (Å²) in [6.45, 7) is 2.71. The van der Waals surface area contributed by atoms with Crippen molar-refractivity contribution in [2.75, 3.05) is 0 Å². The number of aryl methyl sites for hydroxylation is 1. The van der Waals surface area contributed by atoms with Crippen molar-refractivity contribution in [3.63, 3.8) is 0 Å². The van der Waals surface area contributed by atoms with E-state index in [9.17, 15) is 9.90 Å². The van der Waals surface area contributed by atoms with Gasteiger partial charge < -0.3 is 14.8 Å². The van der Waals surface area contributed by atoms with Gasteiger partial charge in [0.25, 0.3) is 0 Å². The van der Waals surface area contributed by atoms with Gasteiger partial charge in [0, 0.05) is 18.9 Å². The van der Waals surface area contributed by atoms with Crippen LogP contribution in [0.3, 0.4) is 0 Å². The smallest absolute Gasteiger partial charge is 0.333 e. The number of carboxylic acids is 1. The zero-order valence-corrected chi connectivity index (χ0v) is 8.55. The molecule has 0 aliphatic heterocycles. The topological polar surface area (TPSA) is 75.3 Å². The van der Waals surface area contributed by atoms with Gasteiger partial charge in [-0.1, -0.05) is 0 Å². The summed E-state index contributed by atoms with van der Waals surface area (Å²) in [5.41, 5.74) is -0.647. The van der Waals surface area contributed by atoms with Crippen LogP contribution in [0.1, 0.15) is 25.6 Å². The molecular weight excluding hydrogens is 196 g/mol. The van der Waals surface area contributed by atoms with E-state index >= 15 is 0 Å². The number of nitrogens with zero attached hydrogens (tertiary/aromatic N) is 2. The normalized spacial score (nSPS) is 19.9. The molecule has 0 spiro atoms. The summed E-state index contributed by atoms with van der Waals surface area (Å²) >= 11 is 0. The molecule has 1 unspecified atom stereocenters. The van der Waals surface area contributed by atoms with Crippen LogP contribution < -0.4 is 0 Å². The van der Waals surface area contributed by atoms with Gasteiger partial charge in [-0.2, -0.15) is 0 Å². The van der Waals surface area contributed by atoms with Crippen LogP contribution >= 0.6 is 0 Å². The number of hydrogen-bond acceptors (Lipinski definition) is 3. The monoisotopic (exact) mass is 210 g/mol. The molecule has 1 atom stereocenters. The van der Waals surface area contributed by atoms with Gasteiger partial charge in [-0.3, -0.25) is 0 Å². The lowest BCUT2D eigenvalue weighted by molar-refractivity contribution is -0.148. The van der Waals surface area contributed by atoms with E-state index in [1.165, 1.54) is 0 Å². The van der Waals surface area contributed by atoms with Crippen molar-refractivity contribution in [3.05, 3.63) is 18.2 Å². The molecule has 15 heavy (non-hydrogen) atoms. The Morgan fingerprint density at radius 3 is 2.87 bits per heavy atom. The molecule has 82 valence electrons. The third-order valence-electron chi connectivity index (χ3n) is 3.05. The molecule has 1 aromatic rings. The standard InChI is InChI=1S/C10H14N2O3/c1-2-12-6-5-11-9(12)10(3-4-10)7(13)8(14)15/h5-7,13H,2-4H2,1H3,(H,14,15). The van der Waals surface area contributed by atoms with Crippen molar-refractivity contribution < 1.29 is 15.0 Å². The van der Waals surface area contributed by atoms with Gasteiger partial charge >= 0.3 is 5.97 Å². The summed E-state index contributed by atoms with van der Waals surface area (Å²) < 4.78 is 1.89. The quantitative estimate of drug-likeness (QED) is 0.753. The average Bonchev–Trinajstić information content (AvgIpc) is 2.88. The number of aliphatic carboxylic acids is 1. The maximum atomic E-state index is 10.8. The number of rotatable bonds is 4. The van der Waals surface area contributed by atoms with Gasteiger partial charge in [0.15, 0.2) is 6.10 Å². The van der Waals surface area contributed by atoms with Crippen LogP contribution in [0.5, 0.6) is 0 Å². The number of hydrogen-bond donors (Lipinski definition) is 2. The Kier molecular flexibility index (Phi) is 2.26. The molecule has 1 aliphatic rings. The summed E-state index contributed by atoms with van der Waals surface area (Å²) in [5, 5.41) is 18.5. The van der Waals surface area contributed by atoms with Gasteiger partial charge in [0.1, 0.15) is 5.82 Å². The Labute approximate surface area is 87.4 Å². The molecule has 0 amide bonds. The predicted molar refractivity (Wildman–Crippen MR) is 52.5 cm³/mol. The van der Waals surface area contributed by atoms with Crippen molar-refractivity contribution in [2.45, 2.75) is 37.8 Å². The number of carboxylic acid groups (broad SMARTS) is 1. The van der Waals surface area contributed by atoms with E-state index in [1.54, 1.807) is 6.20 Å². The third-order valence-corrected chi connectivity index (χ3v) is 3.05.